The van der Waals surface area contributed by atoms with Gasteiger partial charge in [0.2, 0.25) is 0 Å². The van der Waals surface area contributed by atoms with Gasteiger partial charge < -0.3 is 10.8 Å². The standard InChI is InChI=1S/C12H16BrNO/c13-9-5-6-11(14)10(7-9)12(15)8-3-1-2-4-8/h5-8,12,15H,1-4,14H2. The van der Waals surface area contributed by atoms with Gasteiger partial charge in [0.15, 0.2) is 0 Å². The van der Waals surface area contributed by atoms with Gasteiger partial charge in [0.05, 0.1) is 6.10 Å². The van der Waals surface area contributed by atoms with Crippen molar-refractivity contribution < 1.29 is 5.11 Å². The third-order valence-electron chi connectivity index (χ3n) is 3.21. The molecule has 1 unspecified atom stereocenters. The number of aliphatic hydroxyl groups excluding tert-OH is 1. The molecule has 0 saturated heterocycles. The van der Waals surface area contributed by atoms with Crippen LogP contribution in [0.1, 0.15) is 37.4 Å². The van der Waals surface area contributed by atoms with E-state index in [9.17, 15) is 5.11 Å². The summed E-state index contributed by atoms with van der Waals surface area (Å²) in [7, 11) is 0. The van der Waals surface area contributed by atoms with Crippen molar-refractivity contribution in [1.29, 1.82) is 0 Å². The van der Waals surface area contributed by atoms with E-state index in [4.69, 9.17) is 5.73 Å². The third kappa shape index (κ3) is 2.34. The first-order valence-corrected chi connectivity index (χ1v) is 6.21. The molecule has 3 heteroatoms. The zero-order valence-electron chi connectivity index (χ0n) is 8.62. The number of nitrogens with two attached hydrogens (primary N) is 1. The number of benzene rings is 1. The SMILES string of the molecule is Nc1ccc(Br)cc1C(O)C1CCCC1. The number of nitrogen functional groups attached to an aromatic ring is 1. The molecule has 1 atom stereocenters. The average molecular weight is 270 g/mol. The number of anilines is 1. The number of halogens is 1. The number of hydrogen-bond donors (Lipinski definition) is 2. The minimum atomic E-state index is -0.398. The number of hydrogen-bond acceptors (Lipinski definition) is 2. The molecule has 0 aliphatic heterocycles. The minimum absolute atomic E-state index is 0.390. The molecule has 0 radical (unpaired) electrons. The Labute approximate surface area is 98.6 Å². The van der Waals surface area contributed by atoms with Crippen molar-refractivity contribution >= 4 is 21.6 Å². The lowest BCUT2D eigenvalue weighted by molar-refractivity contribution is 0.112. The van der Waals surface area contributed by atoms with Gasteiger partial charge in [-0.15, -0.1) is 0 Å². The summed E-state index contributed by atoms with van der Waals surface area (Å²) in [6, 6.07) is 5.68. The second-order valence-electron chi connectivity index (χ2n) is 4.26. The van der Waals surface area contributed by atoms with Crippen LogP contribution >= 0.6 is 15.9 Å². The van der Waals surface area contributed by atoms with Crippen LogP contribution in [0.5, 0.6) is 0 Å². The summed E-state index contributed by atoms with van der Waals surface area (Å²) in [6.07, 6.45) is 4.30. The van der Waals surface area contributed by atoms with Gasteiger partial charge in [-0.3, -0.25) is 0 Å². The Morgan fingerprint density at radius 1 is 1.33 bits per heavy atom. The summed E-state index contributed by atoms with van der Waals surface area (Å²) in [5.41, 5.74) is 7.44. The maximum Gasteiger partial charge on any atom is 0.0838 e. The van der Waals surface area contributed by atoms with E-state index in [1.165, 1.54) is 12.8 Å². The molecule has 0 heterocycles. The molecule has 15 heavy (non-hydrogen) atoms. The molecular formula is C12H16BrNO. The number of aliphatic hydroxyl groups is 1. The molecule has 0 spiro atoms. The summed E-state index contributed by atoms with van der Waals surface area (Å²) in [5, 5.41) is 10.2. The Hall–Kier alpha value is -0.540. The lowest BCUT2D eigenvalue weighted by atomic mass is 9.93. The minimum Gasteiger partial charge on any atom is -0.398 e. The highest BCUT2D eigenvalue weighted by atomic mass is 79.9. The van der Waals surface area contributed by atoms with E-state index in [1.54, 1.807) is 0 Å². The van der Waals surface area contributed by atoms with Crippen molar-refractivity contribution in [1.82, 2.24) is 0 Å². The highest BCUT2D eigenvalue weighted by molar-refractivity contribution is 9.10. The predicted octanol–water partition coefficient (Wildman–Crippen LogP) is 3.25. The van der Waals surface area contributed by atoms with E-state index in [0.717, 1.165) is 22.9 Å². The zero-order valence-corrected chi connectivity index (χ0v) is 10.2. The van der Waals surface area contributed by atoms with E-state index in [0.29, 0.717) is 11.6 Å². The fraction of sp³-hybridized carbons (Fsp3) is 0.500. The Morgan fingerprint density at radius 3 is 2.67 bits per heavy atom. The molecule has 0 amide bonds. The number of rotatable bonds is 2. The van der Waals surface area contributed by atoms with Gasteiger partial charge in [-0.1, -0.05) is 28.8 Å². The maximum atomic E-state index is 10.2. The first-order valence-electron chi connectivity index (χ1n) is 5.41. The second-order valence-corrected chi connectivity index (χ2v) is 5.18. The molecule has 82 valence electrons. The maximum absolute atomic E-state index is 10.2. The lowest BCUT2D eigenvalue weighted by Crippen LogP contribution is -2.11. The van der Waals surface area contributed by atoms with Crippen molar-refractivity contribution in [3.05, 3.63) is 28.2 Å². The summed E-state index contributed by atoms with van der Waals surface area (Å²) >= 11 is 3.41. The van der Waals surface area contributed by atoms with Gasteiger partial charge in [0.1, 0.15) is 0 Å². The van der Waals surface area contributed by atoms with Gasteiger partial charge in [-0.2, -0.15) is 0 Å². The van der Waals surface area contributed by atoms with Gasteiger partial charge >= 0.3 is 0 Å². The first-order chi connectivity index (χ1) is 7.18. The molecular weight excluding hydrogens is 254 g/mol. The van der Waals surface area contributed by atoms with Crippen molar-refractivity contribution in [3.8, 4) is 0 Å². The second kappa shape index (κ2) is 4.54. The van der Waals surface area contributed by atoms with Crippen LogP contribution in [0.3, 0.4) is 0 Å². The fourth-order valence-corrected chi connectivity index (χ4v) is 2.71. The van der Waals surface area contributed by atoms with Crippen LogP contribution in [-0.4, -0.2) is 5.11 Å². The van der Waals surface area contributed by atoms with Crippen LogP contribution < -0.4 is 5.73 Å². The molecule has 1 fully saturated rings. The van der Waals surface area contributed by atoms with Crippen molar-refractivity contribution in [2.24, 2.45) is 5.92 Å². The molecule has 0 bridgehead atoms. The summed E-state index contributed by atoms with van der Waals surface area (Å²) in [5.74, 6) is 0.390. The van der Waals surface area contributed by atoms with E-state index < -0.39 is 6.10 Å². The first kappa shape index (κ1) is 11.0. The van der Waals surface area contributed by atoms with Gasteiger partial charge in [0, 0.05) is 15.7 Å². The fourth-order valence-electron chi connectivity index (χ4n) is 2.33. The van der Waals surface area contributed by atoms with Crippen LogP contribution in [0.15, 0.2) is 22.7 Å². The van der Waals surface area contributed by atoms with Crippen LogP contribution in [-0.2, 0) is 0 Å². The quantitative estimate of drug-likeness (QED) is 0.810. The molecule has 1 aliphatic rings. The molecule has 1 aliphatic carbocycles. The Bertz CT molecular complexity index is 347. The Kier molecular flexibility index (Phi) is 3.32. The summed E-state index contributed by atoms with van der Waals surface area (Å²) in [4.78, 5) is 0. The predicted molar refractivity (Wildman–Crippen MR) is 65.5 cm³/mol. The van der Waals surface area contributed by atoms with Gasteiger partial charge in [0.25, 0.3) is 0 Å². The normalized spacial score (nSPS) is 19.3. The largest absolute Gasteiger partial charge is 0.398 e. The van der Waals surface area contributed by atoms with Crippen molar-refractivity contribution in [2.45, 2.75) is 31.8 Å². The van der Waals surface area contributed by atoms with Gasteiger partial charge in [-0.05, 0) is 37.0 Å². The van der Waals surface area contributed by atoms with Crippen molar-refractivity contribution in [3.63, 3.8) is 0 Å². The highest BCUT2D eigenvalue weighted by Crippen LogP contribution is 2.38. The molecule has 2 nitrogen and oxygen atoms in total. The monoisotopic (exact) mass is 269 g/mol. The molecule has 1 aromatic rings. The van der Waals surface area contributed by atoms with Crippen LogP contribution in [0, 0.1) is 5.92 Å². The summed E-state index contributed by atoms with van der Waals surface area (Å²) in [6.45, 7) is 0. The Morgan fingerprint density at radius 2 is 2.00 bits per heavy atom. The van der Waals surface area contributed by atoms with Gasteiger partial charge in [-0.25, -0.2) is 0 Å². The lowest BCUT2D eigenvalue weighted by Gasteiger charge is -2.19. The summed E-state index contributed by atoms with van der Waals surface area (Å²) < 4.78 is 0.976. The topological polar surface area (TPSA) is 46.2 Å². The highest BCUT2D eigenvalue weighted by Gasteiger charge is 2.25. The van der Waals surface area contributed by atoms with E-state index in [1.807, 2.05) is 18.2 Å². The molecule has 3 N–H and O–H groups in total. The zero-order chi connectivity index (χ0) is 10.8. The van der Waals surface area contributed by atoms with E-state index in [-0.39, 0.29) is 0 Å². The molecule has 2 rings (SSSR count). The van der Waals surface area contributed by atoms with Crippen molar-refractivity contribution in [2.75, 3.05) is 5.73 Å². The third-order valence-corrected chi connectivity index (χ3v) is 3.71. The van der Waals surface area contributed by atoms with E-state index >= 15 is 0 Å². The molecule has 1 saturated carbocycles. The van der Waals surface area contributed by atoms with Crippen LogP contribution in [0.4, 0.5) is 5.69 Å². The Balaban J connectivity index is 2.23. The van der Waals surface area contributed by atoms with Crippen LogP contribution in [0.2, 0.25) is 0 Å². The smallest absolute Gasteiger partial charge is 0.0838 e. The molecule has 1 aromatic carbocycles. The van der Waals surface area contributed by atoms with Crippen LogP contribution in [0.25, 0.3) is 0 Å². The molecule has 0 aromatic heterocycles. The van der Waals surface area contributed by atoms with E-state index in [2.05, 4.69) is 15.9 Å². The average Bonchev–Trinajstić information content (AvgIpc) is 2.74.